The van der Waals surface area contributed by atoms with Gasteiger partial charge in [0.15, 0.2) is 5.13 Å². The van der Waals surface area contributed by atoms with E-state index in [0.717, 1.165) is 33.1 Å². The van der Waals surface area contributed by atoms with E-state index in [1.165, 1.54) is 23.5 Å². The van der Waals surface area contributed by atoms with Gasteiger partial charge < -0.3 is 4.90 Å². The monoisotopic (exact) mass is 493 g/mol. The van der Waals surface area contributed by atoms with E-state index in [1.807, 2.05) is 38.3 Å². The summed E-state index contributed by atoms with van der Waals surface area (Å²) in [7, 11) is -3.55. The summed E-state index contributed by atoms with van der Waals surface area (Å²) < 4.78 is 41.8. The maximum Gasteiger partial charge on any atom is 0.243 e. The molecule has 5 nitrogen and oxygen atoms in total. The molecule has 170 valence electrons. The number of aryl methyl sites for hydroxylation is 3. The van der Waals surface area contributed by atoms with Crippen molar-refractivity contribution in [3.8, 4) is 0 Å². The maximum atomic E-state index is 13.6. The van der Waals surface area contributed by atoms with Crippen LogP contribution < -0.4 is 4.90 Å². The molecular formula is C23H25ClFN3O2S2. The second-order valence-electron chi connectivity index (χ2n) is 8.19. The van der Waals surface area contributed by atoms with Gasteiger partial charge in [0, 0.05) is 43.0 Å². The number of benzene rings is 2. The van der Waals surface area contributed by atoms with Gasteiger partial charge in [0.05, 0.1) is 10.6 Å². The number of thiazole rings is 1. The van der Waals surface area contributed by atoms with Crippen LogP contribution in [0.25, 0.3) is 0 Å². The van der Waals surface area contributed by atoms with Crippen LogP contribution in [0.5, 0.6) is 0 Å². The number of hydrogen-bond donors (Lipinski definition) is 0. The molecule has 1 aliphatic heterocycles. The van der Waals surface area contributed by atoms with Crippen molar-refractivity contribution in [1.82, 2.24) is 9.29 Å². The number of aromatic nitrogens is 1. The summed E-state index contributed by atoms with van der Waals surface area (Å²) in [6, 6.07) is 8.31. The van der Waals surface area contributed by atoms with Crippen LogP contribution in [0.15, 0.2) is 40.6 Å². The summed E-state index contributed by atoms with van der Waals surface area (Å²) in [5.74, 6) is -0.362. The number of hydrogen-bond acceptors (Lipinski definition) is 5. The van der Waals surface area contributed by atoms with E-state index < -0.39 is 10.0 Å². The fraction of sp³-hybridized carbons (Fsp3) is 0.348. The Labute approximate surface area is 197 Å². The molecule has 0 bridgehead atoms. The van der Waals surface area contributed by atoms with E-state index >= 15 is 0 Å². The first-order valence-corrected chi connectivity index (χ1v) is 13.1. The highest BCUT2D eigenvalue weighted by molar-refractivity contribution is 7.89. The summed E-state index contributed by atoms with van der Waals surface area (Å²) in [5, 5.41) is 3.17. The summed E-state index contributed by atoms with van der Waals surface area (Å²) in [6.45, 7) is 7.63. The van der Waals surface area contributed by atoms with Crippen LogP contribution in [-0.4, -0.2) is 43.9 Å². The van der Waals surface area contributed by atoms with Gasteiger partial charge in [0.1, 0.15) is 5.82 Å². The zero-order valence-electron chi connectivity index (χ0n) is 18.2. The van der Waals surface area contributed by atoms with E-state index in [2.05, 4.69) is 9.88 Å². The Morgan fingerprint density at radius 1 is 1.03 bits per heavy atom. The van der Waals surface area contributed by atoms with Crippen LogP contribution in [0.2, 0.25) is 5.02 Å². The van der Waals surface area contributed by atoms with Gasteiger partial charge in [-0.25, -0.2) is 17.8 Å². The van der Waals surface area contributed by atoms with Gasteiger partial charge in [-0.15, -0.1) is 11.3 Å². The third-order valence-electron chi connectivity index (χ3n) is 5.56. The Balaban J connectivity index is 1.44. The van der Waals surface area contributed by atoms with Crippen molar-refractivity contribution in [1.29, 1.82) is 0 Å². The lowest BCUT2D eigenvalue weighted by atomic mass is 10.1. The molecule has 2 aromatic carbocycles. The molecule has 0 aliphatic carbocycles. The average Bonchev–Trinajstić information content (AvgIpc) is 3.14. The second kappa shape index (κ2) is 9.09. The molecule has 0 unspecified atom stereocenters. The van der Waals surface area contributed by atoms with Gasteiger partial charge in [0.2, 0.25) is 10.0 Å². The van der Waals surface area contributed by atoms with Gasteiger partial charge in [-0.05, 0) is 55.7 Å². The second-order valence-corrected chi connectivity index (χ2v) is 11.3. The molecule has 9 heteroatoms. The third-order valence-corrected chi connectivity index (χ3v) is 8.93. The lowest BCUT2D eigenvalue weighted by Gasteiger charge is -2.34. The molecule has 1 aliphatic rings. The van der Waals surface area contributed by atoms with Crippen LogP contribution in [0.4, 0.5) is 9.52 Å². The molecule has 0 atom stereocenters. The lowest BCUT2D eigenvalue weighted by Crippen LogP contribution is -2.48. The molecule has 1 saturated heterocycles. The van der Waals surface area contributed by atoms with Crippen molar-refractivity contribution >= 4 is 38.1 Å². The number of anilines is 1. The maximum absolute atomic E-state index is 13.6. The standard InChI is InChI=1S/C23H25ClFN3O2S2/c1-15-8-16(2)22(17(3)9-15)32(29,30)28-6-4-27(5-7-28)23-26-21(14-31-23)12-18-10-19(24)13-20(25)11-18/h8-11,13-14H,4-7,12H2,1-3H3. The largest absolute Gasteiger partial charge is 0.345 e. The minimum absolute atomic E-state index is 0.362. The van der Waals surface area contributed by atoms with Gasteiger partial charge in [0.25, 0.3) is 0 Å². The van der Waals surface area contributed by atoms with Crippen LogP contribution >= 0.6 is 22.9 Å². The fourth-order valence-electron chi connectivity index (χ4n) is 4.27. The fourth-order valence-corrected chi connectivity index (χ4v) is 7.22. The van der Waals surface area contributed by atoms with E-state index in [0.29, 0.717) is 42.5 Å². The number of sulfonamides is 1. The minimum Gasteiger partial charge on any atom is -0.345 e. The smallest absolute Gasteiger partial charge is 0.243 e. The first kappa shape index (κ1) is 23.2. The zero-order valence-corrected chi connectivity index (χ0v) is 20.6. The predicted octanol–water partition coefficient (Wildman–Crippen LogP) is 4.96. The summed E-state index contributed by atoms with van der Waals surface area (Å²) in [4.78, 5) is 7.21. The summed E-state index contributed by atoms with van der Waals surface area (Å²) in [6.07, 6.45) is 0.494. The van der Waals surface area contributed by atoms with E-state index in [1.54, 1.807) is 10.4 Å². The van der Waals surface area contributed by atoms with Crippen LogP contribution in [0, 0.1) is 26.6 Å². The van der Waals surface area contributed by atoms with Crippen molar-refractivity contribution in [3.05, 3.63) is 74.5 Å². The molecule has 32 heavy (non-hydrogen) atoms. The quantitative estimate of drug-likeness (QED) is 0.504. The van der Waals surface area contributed by atoms with E-state index in [4.69, 9.17) is 11.6 Å². The first-order valence-electron chi connectivity index (χ1n) is 10.4. The molecule has 0 saturated carbocycles. The number of halogens is 2. The highest BCUT2D eigenvalue weighted by atomic mass is 35.5. The van der Waals surface area contributed by atoms with E-state index in [-0.39, 0.29) is 5.82 Å². The lowest BCUT2D eigenvalue weighted by molar-refractivity contribution is 0.384. The number of rotatable bonds is 5. The van der Waals surface area contributed by atoms with Gasteiger partial charge in [-0.2, -0.15) is 4.31 Å². The highest BCUT2D eigenvalue weighted by Crippen LogP contribution is 2.28. The molecule has 3 aromatic rings. The molecule has 1 fully saturated rings. The molecule has 0 amide bonds. The van der Waals surface area contributed by atoms with Crippen LogP contribution in [-0.2, 0) is 16.4 Å². The number of piperazine rings is 1. The van der Waals surface area contributed by atoms with Crippen molar-refractivity contribution in [2.24, 2.45) is 0 Å². The molecule has 0 spiro atoms. The van der Waals surface area contributed by atoms with Crippen molar-refractivity contribution in [2.45, 2.75) is 32.1 Å². The molecular weight excluding hydrogens is 469 g/mol. The van der Waals surface area contributed by atoms with Crippen molar-refractivity contribution in [2.75, 3.05) is 31.1 Å². The molecule has 0 N–H and O–H groups in total. The SMILES string of the molecule is Cc1cc(C)c(S(=O)(=O)N2CCN(c3nc(Cc4cc(F)cc(Cl)c4)cs3)CC2)c(C)c1. The Morgan fingerprint density at radius 3 is 2.31 bits per heavy atom. The Bertz CT molecular complexity index is 1210. The van der Waals surface area contributed by atoms with E-state index in [9.17, 15) is 12.8 Å². The Kier molecular flexibility index (Phi) is 6.58. The molecule has 1 aromatic heterocycles. The molecule has 2 heterocycles. The van der Waals surface area contributed by atoms with Crippen molar-refractivity contribution in [3.63, 3.8) is 0 Å². The summed E-state index contributed by atoms with van der Waals surface area (Å²) in [5.41, 5.74) is 4.24. The predicted molar refractivity (Wildman–Crippen MR) is 128 cm³/mol. The van der Waals surface area contributed by atoms with Crippen LogP contribution in [0.3, 0.4) is 0 Å². The minimum atomic E-state index is -3.55. The molecule has 4 rings (SSSR count). The molecule has 0 radical (unpaired) electrons. The topological polar surface area (TPSA) is 53.5 Å². The zero-order chi connectivity index (χ0) is 23.0. The van der Waals surface area contributed by atoms with Crippen LogP contribution in [0.1, 0.15) is 27.9 Å². The first-order chi connectivity index (χ1) is 15.1. The van der Waals surface area contributed by atoms with Gasteiger partial charge in [-0.1, -0.05) is 29.3 Å². The Hall–Kier alpha value is -2.00. The summed E-state index contributed by atoms with van der Waals surface area (Å²) >= 11 is 7.46. The van der Waals surface area contributed by atoms with Gasteiger partial charge in [-0.3, -0.25) is 0 Å². The normalized spacial score (nSPS) is 15.3. The number of nitrogens with zero attached hydrogens (tertiary/aromatic N) is 3. The van der Waals surface area contributed by atoms with Gasteiger partial charge >= 0.3 is 0 Å². The Morgan fingerprint density at radius 2 is 1.69 bits per heavy atom. The average molecular weight is 494 g/mol. The van der Waals surface area contributed by atoms with Crippen molar-refractivity contribution < 1.29 is 12.8 Å². The highest BCUT2D eigenvalue weighted by Gasteiger charge is 2.31. The third kappa shape index (κ3) is 4.83.